The van der Waals surface area contributed by atoms with E-state index in [0.29, 0.717) is 6.42 Å². The van der Waals surface area contributed by atoms with Gasteiger partial charge in [-0.25, -0.2) is 0 Å². The maximum absolute atomic E-state index is 11.6. The molecule has 1 aromatic heterocycles. The smallest absolute Gasteiger partial charge is 0.175 e. The third-order valence-electron chi connectivity index (χ3n) is 1.60. The van der Waals surface area contributed by atoms with E-state index in [1.807, 2.05) is 32.2 Å². The predicted octanol–water partition coefficient (Wildman–Crippen LogP) is 3.98. The third-order valence-corrected chi connectivity index (χ3v) is 3.39. The summed E-state index contributed by atoms with van der Waals surface area (Å²) in [7, 11) is 0. The number of rotatable bonds is 2. The van der Waals surface area contributed by atoms with Crippen LogP contribution >= 0.6 is 33.9 Å². The topological polar surface area (TPSA) is 17.1 Å². The molecule has 0 aliphatic rings. The zero-order valence-electron chi connectivity index (χ0n) is 9.06. The fraction of sp³-hybridized carbons (Fsp3) is 0.417. The molecule has 0 saturated carbocycles. The molecule has 3 heteroatoms. The van der Waals surface area contributed by atoms with Crippen molar-refractivity contribution in [2.24, 2.45) is 5.41 Å². The molecule has 0 radical (unpaired) electrons. The van der Waals surface area contributed by atoms with Crippen LogP contribution in [0.5, 0.6) is 0 Å². The van der Waals surface area contributed by atoms with Crippen molar-refractivity contribution in [3.05, 3.63) is 19.9 Å². The summed E-state index contributed by atoms with van der Waals surface area (Å²) < 4.78 is 1.14. The van der Waals surface area contributed by atoms with E-state index in [0.717, 1.165) is 8.45 Å². The van der Waals surface area contributed by atoms with Gasteiger partial charge in [-0.1, -0.05) is 11.8 Å². The van der Waals surface area contributed by atoms with E-state index in [2.05, 4.69) is 34.4 Å². The zero-order chi connectivity index (χ0) is 11.5. The first-order chi connectivity index (χ1) is 6.88. The lowest BCUT2D eigenvalue weighted by molar-refractivity contribution is 0.0998. The second-order valence-electron chi connectivity index (χ2n) is 4.29. The molecule has 0 atom stereocenters. The molecule has 0 aliphatic carbocycles. The molecule has 0 spiro atoms. The van der Waals surface area contributed by atoms with Gasteiger partial charge in [-0.05, 0) is 49.4 Å². The number of thiophene rings is 1. The SMILES string of the molecule is CC(C)(C)C#CCC(=O)c1csc(I)c1. The second-order valence-corrected chi connectivity index (χ2v) is 7.10. The van der Waals surface area contributed by atoms with Gasteiger partial charge in [0, 0.05) is 16.4 Å². The van der Waals surface area contributed by atoms with Crippen LogP contribution in [0.1, 0.15) is 37.6 Å². The molecule has 0 amide bonds. The molecule has 0 saturated heterocycles. The van der Waals surface area contributed by atoms with Crippen LogP contribution in [0.4, 0.5) is 0 Å². The van der Waals surface area contributed by atoms with Crippen molar-refractivity contribution >= 4 is 39.7 Å². The van der Waals surface area contributed by atoms with Crippen LogP contribution < -0.4 is 0 Å². The predicted molar refractivity (Wildman–Crippen MR) is 73.2 cm³/mol. The van der Waals surface area contributed by atoms with Gasteiger partial charge >= 0.3 is 0 Å². The Morgan fingerprint density at radius 3 is 2.67 bits per heavy atom. The van der Waals surface area contributed by atoms with Gasteiger partial charge in [-0.3, -0.25) is 4.79 Å². The van der Waals surface area contributed by atoms with Crippen LogP contribution in [0.3, 0.4) is 0 Å². The Morgan fingerprint density at radius 2 is 2.20 bits per heavy atom. The highest BCUT2D eigenvalue weighted by molar-refractivity contribution is 14.1. The monoisotopic (exact) mass is 332 g/mol. The van der Waals surface area contributed by atoms with Gasteiger partial charge in [0.25, 0.3) is 0 Å². The lowest BCUT2D eigenvalue weighted by Gasteiger charge is -2.06. The molecule has 0 aliphatic heterocycles. The number of hydrogen-bond acceptors (Lipinski definition) is 2. The van der Waals surface area contributed by atoms with Crippen molar-refractivity contribution in [1.29, 1.82) is 0 Å². The first-order valence-electron chi connectivity index (χ1n) is 4.66. The van der Waals surface area contributed by atoms with Gasteiger partial charge in [0.2, 0.25) is 0 Å². The Labute approximate surface area is 108 Å². The third kappa shape index (κ3) is 4.80. The first-order valence-corrected chi connectivity index (χ1v) is 6.61. The first kappa shape index (κ1) is 12.7. The second kappa shape index (κ2) is 5.13. The molecule has 1 heterocycles. The molecule has 80 valence electrons. The number of hydrogen-bond donors (Lipinski definition) is 0. The minimum atomic E-state index is -0.0245. The average Bonchev–Trinajstić information content (AvgIpc) is 2.49. The van der Waals surface area contributed by atoms with Gasteiger partial charge < -0.3 is 0 Å². The fourth-order valence-electron chi connectivity index (χ4n) is 0.948. The van der Waals surface area contributed by atoms with Crippen molar-refractivity contribution in [3.63, 3.8) is 0 Å². The number of carbonyl (C=O) groups excluding carboxylic acids is 1. The summed E-state index contributed by atoms with van der Waals surface area (Å²) >= 11 is 3.80. The van der Waals surface area contributed by atoms with Crippen molar-refractivity contribution < 1.29 is 4.79 Å². The van der Waals surface area contributed by atoms with Crippen LogP contribution in [-0.4, -0.2) is 5.78 Å². The summed E-state index contributed by atoms with van der Waals surface area (Å²) in [6.45, 7) is 6.12. The van der Waals surface area contributed by atoms with Gasteiger partial charge in [0.1, 0.15) is 0 Å². The minimum Gasteiger partial charge on any atom is -0.293 e. The van der Waals surface area contributed by atoms with E-state index >= 15 is 0 Å². The van der Waals surface area contributed by atoms with Crippen LogP contribution in [0.2, 0.25) is 0 Å². The van der Waals surface area contributed by atoms with E-state index in [4.69, 9.17) is 0 Å². The lowest BCUT2D eigenvalue weighted by Crippen LogP contribution is -2.00. The number of ketones is 1. The molecule has 1 nitrogen and oxygen atoms in total. The Bertz CT molecular complexity index is 415. The summed E-state index contributed by atoms with van der Waals surface area (Å²) in [5.41, 5.74) is 0.760. The minimum absolute atomic E-state index is 0.0245. The maximum Gasteiger partial charge on any atom is 0.175 e. The van der Waals surface area contributed by atoms with Crippen LogP contribution in [0.25, 0.3) is 0 Å². The number of Topliss-reactive ketones (excluding diaryl/α,β-unsaturated/α-hetero) is 1. The summed E-state index contributed by atoms with van der Waals surface area (Å²) in [4.78, 5) is 11.6. The Balaban J connectivity index is 2.60. The number of carbonyl (C=O) groups is 1. The molecular weight excluding hydrogens is 319 g/mol. The van der Waals surface area contributed by atoms with Gasteiger partial charge in [0.05, 0.1) is 9.30 Å². The summed E-state index contributed by atoms with van der Waals surface area (Å²) in [6.07, 6.45) is 0.323. The normalized spacial score (nSPS) is 10.7. The average molecular weight is 332 g/mol. The van der Waals surface area contributed by atoms with Gasteiger partial charge in [-0.2, -0.15) is 0 Å². The summed E-state index contributed by atoms with van der Waals surface area (Å²) in [5, 5.41) is 1.89. The van der Waals surface area contributed by atoms with Crippen LogP contribution in [0, 0.1) is 20.1 Å². The molecule has 0 bridgehead atoms. The van der Waals surface area contributed by atoms with Crippen molar-refractivity contribution in [3.8, 4) is 11.8 Å². The standard InChI is InChI=1S/C12H13IOS/c1-12(2,3)6-4-5-10(14)9-7-11(13)15-8-9/h7-8H,5H2,1-3H3. The molecule has 1 aromatic rings. The van der Waals surface area contributed by atoms with Crippen molar-refractivity contribution in [2.75, 3.05) is 0 Å². The van der Waals surface area contributed by atoms with E-state index in [1.54, 1.807) is 11.3 Å². The largest absolute Gasteiger partial charge is 0.293 e. The van der Waals surface area contributed by atoms with E-state index in [9.17, 15) is 4.79 Å². The molecule has 0 N–H and O–H groups in total. The zero-order valence-corrected chi connectivity index (χ0v) is 12.0. The van der Waals surface area contributed by atoms with E-state index in [-0.39, 0.29) is 11.2 Å². The maximum atomic E-state index is 11.6. The van der Waals surface area contributed by atoms with Crippen LogP contribution in [-0.2, 0) is 0 Å². The number of halogens is 1. The molecule has 0 fully saturated rings. The van der Waals surface area contributed by atoms with Crippen LogP contribution in [0.15, 0.2) is 11.4 Å². The highest BCUT2D eigenvalue weighted by Crippen LogP contribution is 2.18. The Hall–Kier alpha value is -0.340. The molecule has 0 unspecified atom stereocenters. The molecule has 0 aromatic carbocycles. The highest BCUT2D eigenvalue weighted by atomic mass is 127. The Kier molecular flexibility index (Phi) is 4.35. The highest BCUT2D eigenvalue weighted by Gasteiger charge is 2.07. The lowest BCUT2D eigenvalue weighted by atomic mass is 9.97. The van der Waals surface area contributed by atoms with Gasteiger partial charge in [-0.15, -0.1) is 11.3 Å². The van der Waals surface area contributed by atoms with Crippen molar-refractivity contribution in [2.45, 2.75) is 27.2 Å². The quantitative estimate of drug-likeness (QED) is 0.455. The molecule has 1 rings (SSSR count). The van der Waals surface area contributed by atoms with Gasteiger partial charge in [0.15, 0.2) is 5.78 Å². The molecule has 15 heavy (non-hydrogen) atoms. The van der Waals surface area contributed by atoms with Crippen molar-refractivity contribution in [1.82, 2.24) is 0 Å². The van der Waals surface area contributed by atoms with E-state index in [1.165, 1.54) is 0 Å². The summed E-state index contributed by atoms with van der Waals surface area (Å²) in [5.74, 6) is 6.11. The molecular formula is C12H13IOS. The fourth-order valence-corrected chi connectivity index (χ4v) is 2.30. The van der Waals surface area contributed by atoms with E-state index < -0.39 is 0 Å². The Morgan fingerprint density at radius 1 is 1.53 bits per heavy atom. The summed E-state index contributed by atoms with van der Waals surface area (Å²) in [6, 6.07) is 1.91.